The van der Waals surface area contributed by atoms with E-state index in [1.807, 2.05) is 24.3 Å². The maximum Gasteiger partial charge on any atom is 0.333 e. The molecular formula is C132H244O16. The summed E-state index contributed by atoms with van der Waals surface area (Å²) in [5.41, 5.74) is 1.18. The molecule has 16 nitrogen and oxygen atoms in total. The Morgan fingerprint density at radius 1 is 0.250 bits per heavy atom. The van der Waals surface area contributed by atoms with E-state index in [2.05, 4.69) is 90.0 Å². The van der Waals surface area contributed by atoms with Gasteiger partial charge >= 0.3 is 29.8 Å². The van der Waals surface area contributed by atoms with Crippen LogP contribution in [0, 0.1) is 47.3 Å². The third-order valence-corrected chi connectivity index (χ3v) is 32.3. The van der Waals surface area contributed by atoms with Crippen molar-refractivity contribution in [1.29, 1.82) is 0 Å². The average Bonchev–Trinajstić information content (AvgIpc) is 0.768. The fourth-order valence-electron chi connectivity index (χ4n) is 23.1. The molecule has 0 aromatic heterocycles. The summed E-state index contributed by atoms with van der Waals surface area (Å²) in [4.78, 5) is 74.1. The predicted molar refractivity (Wildman–Crippen MR) is 623 cm³/mol. The van der Waals surface area contributed by atoms with Gasteiger partial charge < -0.3 is 53.2 Å². The van der Waals surface area contributed by atoms with Crippen molar-refractivity contribution in [1.82, 2.24) is 0 Å². The largest absolute Gasteiger partial charge is 0.459 e. The van der Waals surface area contributed by atoms with Gasteiger partial charge in [0.05, 0.1) is 6.61 Å². The highest BCUT2D eigenvalue weighted by Crippen LogP contribution is 2.37. The molecule has 16 heteroatoms. The number of carbonyl (C=O) groups is 5. The Bertz CT molecular complexity index is 3230. The number of carbonyl (C=O) groups excluding carboxylic acids is 5. The second-order valence-corrected chi connectivity index (χ2v) is 48.2. The molecule has 0 aromatic rings. The van der Waals surface area contributed by atoms with E-state index in [1.54, 1.807) is 27.7 Å². The van der Waals surface area contributed by atoms with Gasteiger partial charge in [-0.25, -0.2) is 19.2 Å². The first-order chi connectivity index (χ1) is 71.7. The highest BCUT2D eigenvalue weighted by Gasteiger charge is 2.56. The number of hydrogen-bond acceptors (Lipinski definition) is 16. The Hall–Kier alpha value is -3.93. The zero-order valence-corrected chi connectivity index (χ0v) is 100. The van der Waals surface area contributed by atoms with Crippen LogP contribution in [-0.2, 0) is 61.9 Å². The van der Waals surface area contributed by atoms with E-state index >= 15 is 9.59 Å². The molecule has 2 fully saturated rings. The topological polar surface area (TPSA) is 220 Å². The summed E-state index contributed by atoms with van der Waals surface area (Å²) in [6, 6.07) is 0. The number of ether oxygens (including phenoxy) is 8. The summed E-state index contributed by atoms with van der Waals surface area (Å²) >= 11 is 0. The molecule has 0 amide bonds. The van der Waals surface area contributed by atoms with Gasteiger partial charge in [0.25, 0.3) is 0 Å². The second kappa shape index (κ2) is 96.4. The number of hydrogen-bond donors (Lipinski definition) is 3. The van der Waals surface area contributed by atoms with Gasteiger partial charge in [-0.1, -0.05) is 602 Å². The zero-order chi connectivity index (χ0) is 108. The number of aliphatic hydroxyl groups is 3. The van der Waals surface area contributed by atoms with E-state index in [4.69, 9.17) is 37.9 Å². The minimum Gasteiger partial charge on any atom is -0.459 e. The summed E-state index contributed by atoms with van der Waals surface area (Å²) in [6.45, 7) is 34.2. The van der Waals surface area contributed by atoms with Crippen molar-refractivity contribution in [2.45, 2.75) is 706 Å². The fraction of sp³-hybridized carbons (Fsp3) is 0.902. The summed E-state index contributed by atoms with van der Waals surface area (Å²) in [6.07, 6.45) is 90.9. The van der Waals surface area contributed by atoms with Crippen LogP contribution in [0.25, 0.3) is 0 Å². The lowest BCUT2D eigenvalue weighted by molar-refractivity contribution is -0.377. The van der Waals surface area contributed by atoms with Crippen LogP contribution in [0.4, 0.5) is 0 Å². The van der Waals surface area contributed by atoms with Gasteiger partial charge in [0.2, 0.25) is 12.6 Å². The second-order valence-electron chi connectivity index (χ2n) is 48.2. The minimum absolute atomic E-state index is 0.00128. The minimum atomic E-state index is -1.92. The predicted octanol–water partition coefficient (Wildman–Crippen LogP) is 38.3. The highest BCUT2D eigenvalue weighted by molar-refractivity contribution is 5.89. The SMILES string of the molecule is CCCCCCCCCCCCCCCCCC[C@H](C)C[C@H](C)/C=C(\C)C(=O)OCC1O[C@H](O[C@H]2OC(CO)[C@@H](OC(=O)/C(C)=C/[C@@H](C)C[C@@H](C)CCCCCCCCCCCCCCCC)C(O)[C@@H]2OC(=O)/C(C)=C/[C@@H](C)C[C@@H](C)CCCCCCCCCCCCCCCCCC)[C@H](OC(=O)CCCCCCCCCCCCCCC)C(OC(=O)/C(C)=C/[C@@H](C)C[C@@H](C)CCCCCCCCCCCCCCCC)[C@@H]1O. The third-order valence-electron chi connectivity index (χ3n) is 32.3. The maximum absolute atomic E-state index is 15.1. The lowest BCUT2D eigenvalue weighted by atomic mass is 9.91. The Kier molecular flexibility index (Phi) is 91.3. The molecule has 18 atom stereocenters. The maximum atomic E-state index is 15.1. The number of esters is 5. The zero-order valence-electron chi connectivity index (χ0n) is 100. The number of rotatable bonds is 103. The van der Waals surface area contributed by atoms with Crippen molar-refractivity contribution in [3.63, 3.8) is 0 Å². The highest BCUT2D eigenvalue weighted by atomic mass is 16.8. The molecule has 2 rings (SSSR count). The van der Waals surface area contributed by atoms with E-state index in [1.165, 1.54) is 411 Å². The average molecular weight is 2090 g/mol. The van der Waals surface area contributed by atoms with Gasteiger partial charge in [0.15, 0.2) is 24.4 Å². The number of unbranched alkanes of at least 4 members (excludes halogenated alkanes) is 68. The van der Waals surface area contributed by atoms with E-state index < -0.39 is 104 Å². The normalized spacial score (nSPS) is 20.2. The first kappa shape index (κ1) is 140. The fourth-order valence-corrected chi connectivity index (χ4v) is 23.1. The molecule has 2 aliphatic rings. The molecule has 0 bridgehead atoms. The molecular weight excluding hydrogens is 1840 g/mol. The summed E-state index contributed by atoms with van der Waals surface area (Å²) in [5, 5.41) is 37.5. The summed E-state index contributed by atoms with van der Waals surface area (Å²) in [7, 11) is 0. The third kappa shape index (κ3) is 75.1. The molecule has 2 saturated heterocycles. The van der Waals surface area contributed by atoms with Gasteiger partial charge in [-0.15, -0.1) is 0 Å². The van der Waals surface area contributed by atoms with Crippen LogP contribution in [0.15, 0.2) is 46.6 Å². The summed E-state index contributed by atoms with van der Waals surface area (Å²) < 4.78 is 52.3. The van der Waals surface area contributed by atoms with Gasteiger partial charge in [0.1, 0.15) is 31.0 Å². The van der Waals surface area contributed by atoms with E-state index in [0.29, 0.717) is 41.2 Å². The van der Waals surface area contributed by atoms with Crippen LogP contribution in [0.3, 0.4) is 0 Å². The van der Waals surface area contributed by atoms with Crippen LogP contribution in [0.5, 0.6) is 0 Å². The summed E-state index contributed by atoms with van der Waals surface area (Å²) in [5.74, 6) is -2.17. The van der Waals surface area contributed by atoms with Crippen molar-refractivity contribution in [3.05, 3.63) is 46.6 Å². The first-order valence-electron chi connectivity index (χ1n) is 64.4. The first-order valence-corrected chi connectivity index (χ1v) is 64.4. The van der Waals surface area contributed by atoms with Gasteiger partial charge in [0, 0.05) is 28.7 Å². The molecule has 2 heterocycles. The van der Waals surface area contributed by atoms with Crippen LogP contribution in [0.2, 0.25) is 0 Å². The van der Waals surface area contributed by atoms with Crippen LogP contribution in [0.1, 0.15) is 644 Å². The van der Waals surface area contributed by atoms with Crippen molar-refractivity contribution in [3.8, 4) is 0 Å². The smallest absolute Gasteiger partial charge is 0.333 e. The molecule has 0 spiro atoms. The lowest BCUT2D eigenvalue weighted by Crippen LogP contribution is -2.66. The molecule has 0 aliphatic carbocycles. The molecule has 868 valence electrons. The number of aliphatic hydroxyl groups excluding tert-OH is 3. The standard InChI is InChI=1S/C132H244O16/c1-18-23-28-33-38-43-48-53-57-59-64-68-73-76-81-86-91-106(6)96-110(10)100-114(14)127(137)141-105-119-121(135)124(146-129(139)116(16)102-112(12)98-108(8)93-88-83-78-72-67-63-56-51-46-41-36-31-26-21-4)126(144-120(134)95-90-85-80-75-70-61-52-47-42-37-32-27-22-5)132(143-119)148-131-125(147-130(140)117(17)103-113(13)99-109(9)94-89-84-79-74-69-65-60-58-54-49-44-39-34-29-24-19-2)122(136)123(118(104-133)142-131)145-128(138)115(15)101-111(11)97-107(7)92-87-82-77-71-66-62-55-50-45-40-35-30-25-20-3/h100-103,106-113,118-119,121-126,131-133,135-136H,18-99,104-105H2,1-17H3/b114-100+,115-101+,116-102+,117-103+/t106-,107-,108-,109-,110-,111-,112-,113-,118?,119?,121+,122?,123+,124?,125-,126+,131+,132+/m0/s1. The van der Waals surface area contributed by atoms with Crippen molar-refractivity contribution in [2.75, 3.05) is 13.2 Å². The molecule has 4 unspecified atom stereocenters. The number of allylic oxidation sites excluding steroid dienone is 4. The Morgan fingerprint density at radius 2 is 0.459 bits per heavy atom. The van der Waals surface area contributed by atoms with Crippen LogP contribution >= 0.6 is 0 Å². The molecule has 2 aliphatic heterocycles. The molecule has 0 saturated carbocycles. The Morgan fingerprint density at radius 3 is 0.709 bits per heavy atom. The quantitative estimate of drug-likeness (QED) is 0.0223. The van der Waals surface area contributed by atoms with Crippen LogP contribution in [-0.4, -0.2) is 120 Å². The van der Waals surface area contributed by atoms with Gasteiger partial charge in [-0.3, -0.25) is 4.79 Å². The van der Waals surface area contributed by atoms with E-state index in [0.717, 1.165) is 103 Å². The Balaban J connectivity index is 2.70. The Labute approximate surface area is 914 Å². The molecule has 0 aromatic carbocycles. The lowest BCUT2D eigenvalue weighted by Gasteiger charge is -2.47. The van der Waals surface area contributed by atoms with Crippen molar-refractivity contribution < 1.29 is 77.2 Å². The van der Waals surface area contributed by atoms with Crippen LogP contribution < -0.4 is 0 Å². The van der Waals surface area contributed by atoms with Gasteiger partial charge in [-0.05, 0) is 107 Å². The van der Waals surface area contributed by atoms with E-state index in [-0.39, 0.29) is 41.2 Å². The monoisotopic (exact) mass is 2090 g/mol. The van der Waals surface area contributed by atoms with E-state index in [9.17, 15) is 29.7 Å². The van der Waals surface area contributed by atoms with Crippen molar-refractivity contribution >= 4 is 29.8 Å². The molecule has 148 heavy (non-hydrogen) atoms. The van der Waals surface area contributed by atoms with Gasteiger partial charge in [-0.2, -0.15) is 0 Å². The van der Waals surface area contributed by atoms with Crippen molar-refractivity contribution in [2.24, 2.45) is 47.3 Å². The molecule has 3 N–H and O–H groups in total. The molecule has 0 radical (unpaired) electrons.